The first kappa shape index (κ1) is 18.0. The number of rotatable bonds is 5. The summed E-state index contributed by atoms with van der Waals surface area (Å²) in [7, 11) is 0. The molecule has 0 radical (unpaired) electrons. The number of hydrogen-bond acceptors (Lipinski definition) is 6. The molecule has 6 nitrogen and oxygen atoms in total. The molecule has 140 valence electrons. The van der Waals surface area contributed by atoms with E-state index < -0.39 is 0 Å². The molecule has 1 aliphatic rings. The molecule has 0 saturated carbocycles. The summed E-state index contributed by atoms with van der Waals surface area (Å²) in [6.45, 7) is 3.13. The van der Waals surface area contributed by atoms with Gasteiger partial charge in [-0.1, -0.05) is 35.1 Å². The third-order valence-corrected chi connectivity index (χ3v) is 5.44. The lowest BCUT2D eigenvalue weighted by atomic mass is 10.2. The van der Waals surface area contributed by atoms with Gasteiger partial charge in [-0.3, -0.25) is 10.1 Å². The Labute approximate surface area is 165 Å². The average Bonchev–Trinajstić information content (AvgIpc) is 3.09. The van der Waals surface area contributed by atoms with Crippen molar-refractivity contribution in [1.29, 1.82) is 0 Å². The van der Waals surface area contributed by atoms with Crippen molar-refractivity contribution in [2.24, 2.45) is 0 Å². The molecule has 8 heteroatoms. The summed E-state index contributed by atoms with van der Waals surface area (Å²) in [6, 6.07) is 13.2. The van der Waals surface area contributed by atoms with Gasteiger partial charge in [-0.15, -0.1) is 0 Å². The molecule has 4 rings (SSSR count). The Bertz CT molecular complexity index is 956. The molecular weight excluding hydrogens is 386 g/mol. The van der Waals surface area contributed by atoms with E-state index in [1.165, 1.54) is 11.3 Å². The first-order valence-electron chi connectivity index (χ1n) is 8.59. The van der Waals surface area contributed by atoms with Crippen molar-refractivity contribution in [3.8, 4) is 5.75 Å². The zero-order chi connectivity index (χ0) is 18.6. The van der Waals surface area contributed by atoms with Gasteiger partial charge in [0.25, 0.3) is 5.91 Å². The maximum atomic E-state index is 12.2. The predicted octanol–water partition coefficient (Wildman–Crippen LogP) is 3.80. The maximum Gasteiger partial charge on any atom is 0.264 e. The number of hydrogen-bond donors (Lipinski definition) is 1. The SMILES string of the molecule is O=C(COc1ccccc1Cl)Nc1nc2ccc(N3CCOCC3)cc2s1. The molecule has 1 aliphatic heterocycles. The number of ether oxygens (including phenoxy) is 2. The molecule has 0 bridgehead atoms. The van der Waals surface area contributed by atoms with Gasteiger partial charge in [-0.25, -0.2) is 4.98 Å². The second-order valence-electron chi connectivity index (χ2n) is 6.04. The van der Waals surface area contributed by atoms with Crippen LogP contribution in [0, 0.1) is 0 Å². The molecular formula is C19H18ClN3O3S. The second kappa shape index (κ2) is 8.12. The number of para-hydroxylation sites is 1. The van der Waals surface area contributed by atoms with Crippen LogP contribution >= 0.6 is 22.9 Å². The number of carbonyl (C=O) groups is 1. The summed E-state index contributed by atoms with van der Waals surface area (Å²) in [5.41, 5.74) is 2.01. The highest BCUT2D eigenvalue weighted by Gasteiger charge is 2.14. The van der Waals surface area contributed by atoms with E-state index in [1.807, 2.05) is 12.1 Å². The van der Waals surface area contributed by atoms with Gasteiger partial charge in [0.05, 0.1) is 28.5 Å². The molecule has 27 heavy (non-hydrogen) atoms. The molecule has 0 spiro atoms. The van der Waals surface area contributed by atoms with E-state index in [-0.39, 0.29) is 12.5 Å². The number of morpholine rings is 1. The fourth-order valence-electron chi connectivity index (χ4n) is 2.85. The van der Waals surface area contributed by atoms with Crippen LogP contribution in [-0.4, -0.2) is 43.8 Å². The number of aromatic nitrogens is 1. The minimum atomic E-state index is -0.276. The monoisotopic (exact) mass is 403 g/mol. The van der Waals surface area contributed by atoms with Gasteiger partial charge in [0, 0.05) is 18.8 Å². The lowest BCUT2D eigenvalue weighted by molar-refractivity contribution is -0.118. The quantitative estimate of drug-likeness (QED) is 0.702. The van der Waals surface area contributed by atoms with Gasteiger partial charge < -0.3 is 14.4 Å². The maximum absolute atomic E-state index is 12.2. The highest BCUT2D eigenvalue weighted by atomic mass is 35.5. The first-order valence-corrected chi connectivity index (χ1v) is 9.79. The van der Waals surface area contributed by atoms with Crippen molar-refractivity contribution in [3.05, 3.63) is 47.5 Å². The second-order valence-corrected chi connectivity index (χ2v) is 7.48. The molecule has 3 aromatic rings. The number of amides is 1. The summed E-state index contributed by atoms with van der Waals surface area (Å²) < 4.78 is 11.9. The van der Waals surface area contributed by atoms with E-state index in [4.69, 9.17) is 21.1 Å². The van der Waals surface area contributed by atoms with Crippen LogP contribution in [0.4, 0.5) is 10.8 Å². The van der Waals surface area contributed by atoms with Gasteiger partial charge in [0.15, 0.2) is 11.7 Å². The first-order chi connectivity index (χ1) is 13.2. The van der Waals surface area contributed by atoms with Crippen molar-refractivity contribution >= 4 is 49.9 Å². The average molecular weight is 404 g/mol. The fraction of sp³-hybridized carbons (Fsp3) is 0.263. The molecule has 1 saturated heterocycles. The van der Waals surface area contributed by atoms with Gasteiger partial charge >= 0.3 is 0 Å². The van der Waals surface area contributed by atoms with Crippen molar-refractivity contribution in [1.82, 2.24) is 4.98 Å². The molecule has 1 fully saturated rings. The van der Waals surface area contributed by atoms with E-state index in [0.29, 0.717) is 15.9 Å². The minimum absolute atomic E-state index is 0.126. The van der Waals surface area contributed by atoms with Gasteiger partial charge in [-0.05, 0) is 30.3 Å². The number of carbonyl (C=O) groups excluding carboxylic acids is 1. The van der Waals surface area contributed by atoms with Crippen molar-refractivity contribution in [2.45, 2.75) is 0 Å². The Morgan fingerprint density at radius 2 is 2.07 bits per heavy atom. The van der Waals surface area contributed by atoms with E-state index in [1.54, 1.807) is 18.2 Å². The Hall–Kier alpha value is -2.35. The van der Waals surface area contributed by atoms with Crippen LogP contribution in [0.3, 0.4) is 0 Å². The van der Waals surface area contributed by atoms with Crippen LogP contribution in [0.15, 0.2) is 42.5 Å². The van der Waals surface area contributed by atoms with Crippen molar-refractivity contribution in [2.75, 3.05) is 43.1 Å². The predicted molar refractivity (Wildman–Crippen MR) is 108 cm³/mol. The number of fused-ring (bicyclic) bond motifs is 1. The van der Waals surface area contributed by atoms with Crippen LogP contribution in [-0.2, 0) is 9.53 Å². The van der Waals surface area contributed by atoms with E-state index in [9.17, 15) is 4.79 Å². The standard InChI is InChI=1S/C19H18ClN3O3S/c20-14-3-1-2-4-16(14)26-12-18(24)22-19-21-15-6-5-13(11-17(15)27-19)23-7-9-25-10-8-23/h1-6,11H,7-10,12H2,(H,21,22,24). The lowest BCUT2D eigenvalue weighted by Gasteiger charge is -2.28. The summed E-state index contributed by atoms with van der Waals surface area (Å²) >= 11 is 7.47. The molecule has 0 aliphatic carbocycles. The molecule has 2 aromatic carbocycles. The van der Waals surface area contributed by atoms with Crippen molar-refractivity contribution < 1.29 is 14.3 Å². The normalized spacial score (nSPS) is 14.3. The summed E-state index contributed by atoms with van der Waals surface area (Å²) in [5.74, 6) is 0.205. The third-order valence-electron chi connectivity index (χ3n) is 4.19. The molecule has 2 heterocycles. The Morgan fingerprint density at radius 1 is 1.26 bits per heavy atom. The number of nitrogens with zero attached hydrogens (tertiary/aromatic N) is 2. The van der Waals surface area contributed by atoms with Gasteiger partial charge in [0.1, 0.15) is 5.75 Å². The van der Waals surface area contributed by atoms with E-state index >= 15 is 0 Å². The van der Waals surface area contributed by atoms with Gasteiger partial charge in [-0.2, -0.15) is 0 Å². The number of halogens is 1. The van der Waals surface area contributed by atoms with Crippen LogP contribution in [0.25, 0.3) is 10.2 Å². The molecule has 0 atom stereocenters. The number of nitrogens with one attached hydrogen (secondary N) is 1. The number of anilines is 2. The van der Waals surface area contributed by atoms with E-state index in [2.05, 4.69) is 27.3 Å². The van der Waals surface area contributed by atoms with Crippen molar-refractivity contribution in [3.63, 3.8) is 0 Å². The Morgan fingerprint density at radius 3 is 2.89 bits per heavy atom. The molecule has 1 N–H and O–H groups in total. The zero-order valence-corrected chi connectivity index (χ0v) is 16.1. The number of thiazole rings is 1. The highest BCUT2D eigenvalue weighted by molar-refractivity contribution is 7.22. The molecule has 1 amide bonds. The highest BCUT2D eigenvalue weighted by Crippen LogP contribution is 2.30. The van der Waals surface area contributed by atoms with Crippen LogP contribution in [0.5, 0.6) is 5.75 Å². The zero-order valence-electron chi connectivity index (χ0n) is 14.5. The molecule has 1 aromatic heterocycles. The van der Waals surface area contributed by atoms with Gasteiger partial charge in [0.2, 0.25) is 0 Å². The summed E-state index contributed by atoms with van der Waals surface area (Å²) in [5, 5.41) is 3.81. The van der Waals surface area contributed by atoms with E-state index in [0.717, 1.165) is 42.2 Å². The minimum Gasteiger partial charge on any atom is -0.482 e. The smallest absolute Gasteiger partial charge is 0.264 e. The Kier molecular flexibility index (Phi) is 5.42. The molecule has 0 unspecified atom stereocenters. The topological polar surface area (TPSA) is 63.7 Å². The fourth-order valence-corrected chi connectivity index (χ4v) is 3.95. The summed E-state index contributed by atoms with van der Waals surface area (Å²) in [4.78, 5) is 18.9. The Balaban J connectivity index is 1.41. The third kappa shape index (κ3) is 4.32. The van der Waals surface area contributed by atoms with Crippen LogP contribution in [0.1, 0.15) is 0 Å². The summed E-state index contributed by atoms with van der Waals surface area (Å²) in [6.07, 6.45) is 0. The number of benzene rings is 2. The lowest BCUT2D eigenvalue weighted by Crippen LogP contribution is -2.36. The largest absolute Gasteiger partial charge is 0.482 e. The van der Waals surface area contributed by atoms with Crippen LogP contribution in [0.2, 0.25) is 5.02 Å². The van der Waals surface area contributed by atoms with Crippen LogP contribution < -0.4 is 15.0 Å².